The van der Waals surface area contributed by atoms with E-state index in [4.69, 9.17) is 10.8 Å². The maximum atomic E-state index is 8.74. The van der Waals surface area contributed by atoms with E-state index in [9.17, 15) is 0 Å². The molecule has 1 atom stereocenters. The molecule has 0 bridgehead atoms. The molecule has 1 aromatic rings. The number of aliphatic hydroxyl groups is 1. The van der Waals surface area contributed by atoms with Crippen LogP contribution in [0.2, 0.25) is 0 Å². The van der Waals surface area contributed by atoms with Crippen molar-refractivity contribution in [2.24, 2.45) is 5.73 Å². The number of hydrogen-bond donors (Lipinski definition) is 2. The van der Waals surface area contributed by atoms with Gasteiger partial charge in [0, 0.05) is 9.35 Å². The molecule has 0 aliphatic heterocycles. The third kappa shape index (κ3) is 2.97. The lowest BCUT2D eigenvalue weighted by molar-refractivity contribution is 0.269. The molecule has 12 heavy (non-hydrogen) atoms. The van der Waals surface area contributed by atoms with Crippen molar-refractivity contribution in [3.8, 4) is 0 Å². The van der Waals surface area contributed by atoms with Crippen LogP contribution in [0.5, 0.6) is 0 Å². The molecule has 0 saturated heterocycles. The number of hydrogen-bond acceptors (Lipinski definition) is 3. The van der Waals surface area contributed by atoms with Crippen molar-refractivity contribution < 1.29 is 5.11 Å². The summed E-state index contributed by atoms with van der Waals surface area (Å²) in [5, 5.41) is 8.74. The second-order valence-electron chi connectivity index (χ2n) is 2.06. The van der Waals surface area contributed by atoms with E-state index >= 15 is 0 Å². The molecule has 6 heteroatoms. The highest BCUT2D eigenvalue weighted by atomic mass is 79.9. The first-order chi connectivity index (χ1) is 5.15. The maximum absolute atomic E-state index is 8.74. The Balaban J connectivity index is 0.00000121. The molecule has 0 unspecified atom stereocenters. The van der Waals surface area contributed by atoms with Crippen LogP contribution in [0.25, 0.3) is 0 Å². The molecular formula is C6H8Br2ClNOS. The Hall–Kier alpha value is 0.870. The van der Waals surface area contributed by atoms with Gasteiger partial charge in [0.25, 0.3) is 0 Å². The fourth-order valence-corrected chi connectivity index (χ4v) is 2.72. The number of nitrogens with two attached hydrogens (primary N) is 1. The van der Waals surface area contributed by atoms with E-state index in [2.05, 4.69) is 31.9 Å². The van der Waals surface area contributed by atoms with Crippen molar-refractivity contribution in [3.63, 3.8) is 0 Å². The molecule has 70 valence electrons. The Kier molecular flexibility index (Phi) is 5.97. The highest BCUT2D eigenvalue weighted by molar-refractivity contribution is 9.13. The van der Waals surface area contributed by atoms with E-state index < -0.39 is 0 Å². The normalized spacial score (nSPS) is 12.3. The molecule has 0 aromatic carbocycles. The summed E-state index contributed by atoms with van der Waals surface area (Å²) in [6, 6.07) is 1.65. The largest absolute Gasteiger partial charge is 0.394 e. The molecule has 0 fully saturated rings. The Morgan fingerprint density at radius 2 is 2.17 bits per heavy atom. The van der Waals surface area contributed by atoms with Crippen LogP contribution in [-0.4, -0.2) is 11.7 Å². The molecule has 1 rings (SSSR count). The third-order valence-electron chi connectivity index (χ3n) is 1.23. The predicted molar refractivity (Wildman–Crippen MR) is 61.0 cm³/mol. The van der Waals surface area contributed by atoms with Crippen LogP contribution in [0, 0.1) is 0 Å². The van der Waals surface area contributed by atoms with Crippen LogP contribution >= 0.6 is 55.6 Å². The average Bonchev–Trinajstić information content (AvgIpc) is 2.31. The monoisotopic (exact) mass is 335 g/mol. The first-order valence-electron chi connectivity index (χ1n) is 2.96. The van der Waals surface area contributed by atoms with Crippen LogP contribution in [0.3, 0.4) is 0 Å². The Bertz CT molecular complexity index is 236. The summed E-state index contributed by atoms with van der Waals surface area (Å²) in [5.41, 5.74) is 5.60. The summed E-state index contributed by atoms with van der Waals surface area (Å²) in [5.74, 6) is 0. The summed E-state index contributed by atoms with van der Waals surface area (Å²) in [4.78, 5) is 0.978. The van der Waals surface area contributed by atoms with Gasteiger partial charge in [0.05, 0.1) is 16.4 Å². The minimum absolute atomic E-state index is 0. The lowest BCUT2D eigenvalue weighted by Gasteiger charge is -2.02. The van der Waals surface area contributed by atoms with E-state index in [1.54, 1.807) is 0 Å². The van der Waals surface area contributed by atoms with Gasteiger partial charge in [-0.3, -0.25) is 0 Å². The first-order valence-corrected chi connectivity index (χ1v) is 5.36. The standard InChI is InChI=1S/C6H7Br2NOS.ClH/c7-3-1-5(4(9)2-10)11-6(3)8;/h1,4,10H,2,9H2;1H/t4-;/m1./s1. The lowest BCUT2D eigenvalue weighted by Crippen LogP contribution is -2.12. The molecule has 3 N–H and O–H groups in total. The van der Waals surface area contributed by atoms with E-state index in [0.29, 0.717) is 0 Å². The van der Waals surface area contributed by atoms with Crippen LogP contribution in [0.4, 0.5) is 0 Å². The fraction of sp³-hybridized carbons (Fsp3) is 0.333. The number of aliphatic hydroxyl groups excluding tert-OH is 1. The number of thiophene rings is 1. The SMILES string of the molecule is Cl.N[C@H](CO)c1cc(Br)c(Br)s1. The third-order valence-corrected chi connectivity index (χ3v) is 4.61. The summed E-state index contributed by atoms with van der Waals surface area (Å²) < 4.78 is 2.00. The molecule has 2 nitrogen and oxygen atoms in total. The second-order valence-corrected chi connectivity index (χ2v) is 5.32. The molecule has 0 aliphatic rings. The topological polar surface area (TPSA) is 46.2 Å². The van der Waals surface area contributed by atoms with Crippen LogP contribution < -0.4 is 5.73 Å². The Morgan fingerprint density at radius 1 is 1.58 bits per heavy atom. The van der Waals surface area contributed by atoms with Gasteiger partial charge in [-0.15, -0.1) is 23.7 Å². The van der Waals surface area contributed by atoms with E-state index in [0.717, 1.165) is 13.1 Å². The molecular weight excluding hydrogens is 329 g/mol. The minimum atomic E-state index is -0.261. The average molecular weight is 337 g/mol. The van der Waals surface area contributed by atoms with Gasteiger partial charge in [0.15, 0.2) is 0 Å². The van der Waals surface area contributed by atoms with Crippen LogP contribution in [-0.2, 0) is 0 Å². The fourth-order valence-electron chi connectivity index (χ4n) is 0.636. The summed E-state index contributed by atoms with van der Waals surface area (Å²) in [6.07, 6.45) is 0. The molecule has 1 aromatic heterocycles. The zero-order valence-corrected chi connectivity index (χ0v) is 10.8. The molecule has 0 spiro atoms. The van der Waals surface area contributed by atoms with E-state index in [-0.39, 0.29) is 25.1 Å². The van der Waals surface area contributed by atoms with Crippen molar-refractivity contribution in [3.05, 3.63) is 19.2 Å². The summed E-state index contributed by atoms with van der Waals surface area (Å²) in [7, 11) is 0. The van der Waals surface area contributed by atoms with Gasteiger partial charge in [-0.25, -0.2) is 0 Å². The van der Waals surface area contributed by atoms with Gasteiger partial charge in [0.1, 0.15) is 0 Å². The zero-order chi connectivity index (χ0) is 8.43. The highest BCUT2D eigenvalue weighted by Gasteiger charge is 2.09. The van der Waals surface area contributed by atoms with Crippen molar-refractivity contribution in [1.29, 1.82) is 0 Å². The van der Waals surface area contributed by atoms with Crippen molar-refractivity contribution >= 4 is 55.6 Å². The quantitative estimate of drug-likeness (QED) is 0.872. The highest BCUT2D eigenvalue weighted by Crippen LogP contribution is 2.34. The smallest absolute Gasteiger partial charge is 0.0843 e. The van der Waals surface area contributed by atoms with Crippen LogP contribution in [0.15, 0.2) is 14.3 Å². The number of rotatable bonds is 2. The molecule has 0 aliphatic carbocycles. The maximum Gasteiger partial charge on any atom is 0.0843 e. The van der Waals surface area contributed by atoms with Crippen molar-refractivity contribution in [2.45, 2.75) is 6.04 Å². The first kappa shape index (κ1) is 12.9. The molecule has 0 amide bonds. The van der Waals surface area contributed by atoms with Gasteiger partial charge in [-0.1, -0.05) is 0 Å². The zero-order valence-electron chi connectivity index (χ0n) is 5.96. The second kappa shape index (κ2) is 5.57. The van der Waals surface area contributed by atoms with Gasteiger partial charge in [0.2, 0.25) is 0 Å². The van der Waals surface area contributed by atoms with Crippen molar-refractivity contribution in [1.82, 2.24) is 0 Å². The molecule has 1 heterocycles. The van der Waals surface area contributed by atoms with Crippen LogP contribution in [0.1, 0.15) is 10.9 Å². The van der Waals surface area contributed by atoms with Gasteiger partial charge in [-0.05, 0) is 37.9 Å². The van der Waals surface area contributed by atoms with E-state index in [1.807, 2.05) is 6.07 Å². The summed E-state index contributed by atoms with van der Waals surface area (Å²) >= 11 is 8.22. The van der Waals surface area contributed by atoms with Gasteiger partial charge < -0.3 is 10.8 Å². The van der Waals surface area contributed by atoms with E-state index in [1.165, 1.54) is 11.3 Å². The van der Waals surface area contributed by atoms with Gasteiger partial charge in [-0.2, -0.15) is 0 Å². The van der Waals surface area contributed by atoms with Gasteiger partial charge >= 0.3 is 0 Å². The minimum Gasteiger partial charge on any atom is -0.394 e. The van der Waals surface area contributed by atoms with Crippen molar-refractivity contribution in [2.75, 3.05) is 6.61 Å². The molecule has 0 saturated carbocycles. The summed E-state index contributed by atoms with van der Waals surface area (Å²) in [6.45, 7) is -0.0145. The predicted octanol–water partition coefficient (Wildman–Crippen LogP) is 2.69. The Morgan fingerprint density at radius 3 is 2.50 bits per heavy atom. The number of halogens is 3. The lowest BCUT2D eigenvalue weighted by atomic mass is 10.3. The Labute approximate surface area is 97.8 Å². The molecule has 0 radical (unpaired) electrons.